The first-order valence-corrected chi connectivity index (χ1v) is 9.75. The van der Waals surface area contributed by atoms with Crippen LogP contribution in [0.3, 0.4) is 0 Å². The quantitative estimate of drug-likeness (QED) is 0.913. The molecule has 0 bridgehead atoms. The minimum absolute atomic E-state index is 0.119. The molecule has 0 atom stereocenters. The Kier molecular flexibility index (Phi) is 4.40. The lowest BCUT2D eigenvalue weighted by Crippen LogP contribution is -2.15. The Labute approximate surface area is 141 Å². The number of nitrogens with zero attached hydrogens (tertiary/aromatic N) is 3. The average molecular weight is 348 g/mol. The van der Waals surface area contributed by atoms with Crippen LogP contribution in [0, 0.1) is 0 Å². The Morgan fingerprint density at radius 1 is 1.29 bits per heavy atom. The van der Waals surface area contributed by atoms with Crippen LogP contribution in [0.5, 0.6) is 0 Å². The highest BCUT2D eigenvalue weighted by molar-refractivity contribution is 7.90. The van der Waals surface area contributed by atoms with Gasteiger partial charge >= 0.3 is 0 Å². The molecule has 0 unspecified atom stereocenters. The minimum atomic E-state index is -3.30. The topological polar surface area (TPSA) is 94.0 Å². The highest BCUT2D eigenvalue weighted by Crippen LogP contribution is 2.35. The smallest absolute Gasteiger partial charge is 0.260 e. The molecule has 1 aliphatic rings. The van der Waals surface area contributed by atoms with Gasteiger partial charge in [-0.15, -0.1) is 0 Å². The van der Waals surface area contributed by atoms with Crippen molar-refractivity contribution in [3.8, 4) is 0 Å². The first kappa shape index (κ1) is 16.6. The van der Waals surface area contributed by atoms with Gasteiger partial charge in [-0.05, 0) is 25.0 Å². The summed E-state index contributed by atoms with van der Waals surface area (Å²) in [5.41, 5.74) is 1.39. The van der Waals surface area contributed by atoms with Gasteiger partial charge in [0, 0.05) is 31.6 Å². The molecule has 1 amide bonds. The molecular weight excluding hydrogens is 328 g/mol. The van der Waals surface area contributed by atoms with E-state index in [4.69, 9.17) is 0 Å². The van der Waals surface area contributed by atoms with E-state index in [9.17, 15) is 13.2 Å². The Bertz CT molecular complexity index is 850. The van der Waals surface area contributed by atoms with Crippen LogP contribution >= 0.6 is 0 Å². The number of sulfone groups is 1. The lowest BCUT2D eigenvalue weighted by atomic mass is 10.0. The van der Waals surface area contributed by atoms with Crippen LogP contribution < -0.4 is 5.32 Å². The Morgan fingerprint density at radius 2 is 2.00 bits per heavy atom. The van der Waals surface area contributed by atoms with Gasteiger partial charge in [-0.2, -0.15) is 5.10 Å². The number of hydrogen-bond acceptors (Lipinski definition) is 5. The molecule has 3 rings (SSSR count). The van der Waals surface area contributed by atoms with E-state index >= 15 is 0 Å². The Balaban J connectivity index is 1.80. The molecule has 0 radical (unpaired) electrons. The summed E-state index contributed by atoms with van der Waals surface area (Å²) >= 11 is 0. The number of hydrogen-bond donors (Lipinski definition) is 1. The average Bonchev–Trinajstić information content (AvgIpc) is 3.15. The van der Waals surface area contributed by atoms with E-state index < -0.39 is 9.84 Å². The predicted octanol–water partition coefficient (Wildman–Crippen LogP) is 2.13. The summed E-state index contributed by atoms with van der Waals surface area (Å²) in [5.74, 6) is 0.366. The second-order valence-electron chi connectivity index (χ2n) is 6.19. The molecule has 8 heteroatoms. The summed E-state index contributed by atoms with van der Waals surface area (Å²) < 4.78 is 24.5. The monoisotopic (exact) mass is 348 g/mol. The van der Waals surface area contributed by atoms with Gasteiger partial charge in [0.05, 0.1) is 16.2 Å². The van der Waals surface area contributed by atoms with Crippen molar-refractivity contribution < 1.29 is 13.2 Å². The molecule has 2 aromatic heterocycles. The molecule has 24 heavy (non-hydrogen) atoms. The molecule has 1 N–H and O–H groups in total. The van der Waals surface area contributed by atoms with Crippen molar-refractivity contribution in [3.63, 3.8) is 0 Å². The zero-order valence-electron chi connectivity index (χ0n) is 13.7. The van der Waals surface area contributed by atoms with Crippen molar-refractivity contribution in [1.29, 1.82) is 0 Å². The van der Waals surface area contributed by atoms with Crippen LogP contribution in [0.15, 0.2) is 29.4 Å². The molecule has 128 valence electrons. The maximum absolute atomic E-state index is 12.6. The predicted molar refractivity (Wildman–Crippen MR) is 89.7 cm³/mol. The molecule has 1 saturated carbocycles. The van der Waals surface area contributed by atoms with Gasteiger partial charge in [-0.1, -0.05) is 12.8 Å². The molecule has 0 aromatic carbocycles. The normalized spacial score (nSPS) is 15.6. The third-order valence-corrected chi connectivity index (χ3v) is 5.35. The van der Waals surface area contributed by atoms with Gasteiger partial charge in [0.25, 0.3) is 5.91 Å². The first-order chi connectivity index (χ1) is 11.3. The molecule has 1 fully saturated rings. The number of rotatable bonds is 4. The van der Waals surface area contributed by atoms with Crippen LogP contribution in [0.2, 0.25) is 0 Å². The van der Waals surface area contributed by atoms with Gasteiger partial charge in [-0.25, -0.2) is 13.4 Å². The van der Waals surface area contributed by atoms with Crippen LogP contribution in [-0.2, 0) is 16.9 Å². The largest absolute Gasteiger partial charge is 0.306 e. The van der Waals surface area contributed by atoms with E-state index in [0.29, 0.717) is 17.3 Å². The maximum Gasteiger partial charge on any atom is 0.260 e. The number of pyridine rings is 1. The van der Waals surface area contributed by atoms with E-state index in [0.717, 1.165) is 37.6 Å². The fourth-order valence-corrected chi connectivity index (χ4v) is 3.60. The molecule has 7 nitrogen and oxygen atoms in total. The third kappa shape index (κ3) is 3.48. The zero-order chi connectivity index (χ0) is 17.3. The van der Waals surface area contributed by atoms with Gasteiger partial charge in [0.1, 0.15) is 5.82 Å². The fraction of sp³-hybridized carbons (Fsp3) is 0.438. The van der Waals surface area contributed by atoms with Gasteiger partial charge in [-0.3, -0.25) is 9.48 Å². The number of nitrogens with one attached hydrogen (secondary N) is 1. The SMILES string of the molecule is Cn1cc(C(=O)Nc2ccc(S(C)(=O)=O)cn2)c(C2CCCC2)n1. The zero-order valence-corrected chi connectivity index (χ0v) is 14.5. The van der Waals surface area contributed by atoms with Crippen LogP contribution in [0.1, 0.15) is 47.7 Å². The molecule has 2 aromatic rings. The van der Waals surface area contributed by atoms with Crippen molar-refractivity contribution in [2.24, 2.45) is 7.05 Å². The maximum atomic E-state index is 12.6. The lowest BCUT2D eigenvalue weighted by molar-refractivity contribution is 0.102. The third-order valence-electron chi connectivity index (χ3n) is 4.25. The molecule has 0 saturated heterocycles. The van der Waals surface area contributed by atoms with Crippen molar-refractivity contribution in [2.75, 3.05) is 11.6 Å². The van der Waals surface area contributed by atoms with E-state index in [1.807, 2.05) is 0 Å². The van der Waals surface area contributed by atoms with E-state index in [2.05, 4.69) is 15.4 Å². The first-order valence-electron chi connectivity index (χ1n) is 7.85. The summed E-state index contributed by atoms with van der Waals surface area (Å²) in [6, 6.07) is 2.92. The van der Waals surface area contributed by atoms with Crippen molar-refractivity contribution in [2.45, 2.75) is 36.5 Å². The minimum Gasteiger partial charge on any atom is -0.306 e. The van der Waals surface area contributed by atoms with Crippen LogP contribution in [0.25, 0.3) is 0 Å². The van der Waals surface area contributed by atoms with Crippen LogP contribution in [-0.4, -0.2) is 35.3 Å². The summed E-state index contributed by atoms with van der Waals surface area (Å²) in [6.07, 6.45) is 8.51. The standard InChI is InChI=1S/C16H20N4O3S/c1-20-10-13(15(19-20)11-5-3-4-6-11)16(21)18-14-8-7-12(9-17-14)24(2,22)23/h7-11H,3-6H2,1-2H3,(H,17,18,21). The van der Waals surface area contributed by atoms with Crippen LogP contribution in [0.4, 0.5) is 5.82 Å². The summed E-state index contributed by atoms with van der Waals surface area (Å²) in [6.45, 7) is 0. The summed E-state index contributed by atoms with van der Waals surface area (Å²) in [7, 11) is -1.50. The Hall–Kier alpha value is -2.22. The van der Waals surface area contributed by atoms with Gasteiger partial charge < -0.3 is 5.32 Å². The number of aromatic nitrogens is 3. The summed E-state index contributed by atoms with van der Waals surface area (Å²) in [5, 5.41) is 7.17. The Morgan fingerprint density at radius 3 is 2.58 bits per heavy atom. The number of carbonyl (C=O) groups is 1. The highest BCUT2D eigenvalue weighted by atomic mass is 32.2. The fourth-order valence-electron chi connectivity index (χ4n) is 3.04. The number of amides is 1. The highest BCUT2D eigenvalue weighted by Gasteiger charge is 2.26. The molecular formula is C16H20N4O3S. The van der Waals surface area contributed by atoms with Gasteiger partial charge in [0.15, 0.2) is 9.84 Å². The van der Waals surface area contributed by atoms with Gasteiger partial charge in [0.2, 0.25) is 0 Å². The van der Waals surface area contributed by atoms with Crippen molar-refractivity contribution >= 4 is 21.6 Å². The molecule has 2 heterocycles. The van der Waals surface area contributed by atoms with Crippen molar-refractivity contribution in [1.82, 2.24) is 14.8 Å². The summed E-state index contributed by atoms with van der Waals surface area (Å²) in [4.78, 5) is 16.7. The molecule has 1 aliphatic carbocycles. The molecule has 0 aliphatic heterocycles. The second-order valence-corrected chi connectivity index (χ2v) is 8.20. The van der Waals surface area contributed by atoms with E-state index in [-0.39, 0.29) is 10.8 Å². The van der Waals surface area contributed by atoms with E-state index in [1.54, 1.807) is 17.9 Å². The van der Waals surface area contributed by atoms with Crippen molar-refractivity contribution in [3.05, 3.63) is 35.8 Å². The number of carbonyl (C=O) groups excluding carboxylic acids is 1. The molecule has 0 spiro atoms. The number of anilines is 1. The van der Waals surface area contributed by atoms with E-state index in [1.165, 1.54) is 18.3 Å². The lowest BCUT2D eigenvalue weighted by Gasteiger charge is -2.09. The second kappa shape index (κ2) is 6.35. The number of aryl methyl sites for hydroxylation is 1.